The number of hydrogen-bond donors (Lipinski definition) is 1. The summed E-state index contributed by atoms with van der Waals surface area (Å²) in [5.41, 5.74) is -0.902. The van der Waals surface area contributed by atoms with Crippen LogP contribution in [0.25, 0.3) is 0 Å². The van der Waals surface area contributed by atoms with Gasteiger partial charge in [-0.15, -0.1) is 0 Å². The van der Waals surface area contributed by atoms with Gasteiger partial charge >= 0.3 is 5.97 Å². The van der Waals surface area contributed by atoms with E-state index in [1.54, 1.807) is 13.8 Å². The van der Waals surface area contributed by atoms with Crippen molar-refractivity contribution in [2.45, 2.75) is 19.9 Å². The number of anilines is 1. The lowest BCUT2D eigenvalue weighted by Crippen LogP contribution is -2.42. The molecule has 0 aliphatic heterocycles. The monoisotopic (exact) mass is 297 g/mol. The highest BCUT2D eigenvalue weighted by Crippen LogP contribution is 2.33. The van der Waals surface area contributed by atoms with Crippen LogP contribution < -0.4 is 4.90 Å². The molecule has 0 aliphatic carbocycles. The highest BCUT2D eigenvalue weighted by Gasteiger charge is 2.31. The van der Waals surface area contributed by atoms with Crippen molar-refractivity contribution >= 4 is 23.0 Å². The van der Waals surface area contributed by atoms with Crippen LogP contribution in [0.2, 0.25) is 0 Å². The second kappa shape index (κ2) is 6.16. The van der Waals surface area contributed by atoms with Crippen LogP contribution >= 0.6 is 0 Å². The largest absolute Gasteiger partial charge is 0.480 e. The average Bonchev–Trinajstić information content (AvgIpc) is 2.36. The predicted octanol–water partition coefficient (Wildman–Crippen LogP) is 2.05. The fourth-order valence-electron chi connectivity index (χ4n) is 2.12. The summed E-state index contributed by atoms with van der Waals surface area (Å²) in [4.78, 5) is 32.8. The van der Waals surface area contributed by atoms with Crippen molar-refractivity contribution in [2.24, 2.45) is 5.92 Å². The molecule has 114 valence electrons. The molecule has 9 nitrogen and oxygen atoms in total. The molecule has 0 aliphatic rings. The highest BCUT2D eigenvalue weighted by atomic mass is 16.6. The Morgan fingerprint density at radius 2 is 1.81 bits per heavy atom. The van der Waals surface area contributed by atoms with E-state index in [4.69, 9.17) is 0 Å². The van der Waals surface area contributed by atoms with Gasteiger partial charge in [0.1, 0.15) is 11.7 Å². The molecule has 0 unspecified atom stereocenters. The van der Waals surface area contributed by atoms with Gasteiger partial charge in [-0.1, -0.05) is 13.8 Å². The third-order valence-electron chi connectivity index (χ3n) is 3.05. The summed E-state index contributed by atoms with van der Waals surface area (Å²) in [6, 6.07) is 2.14. The maximum Gasteiger partial charge on any atom is 0.326 e. The first-order valence-corrected chi connectivity index (χ1v) is 6.05. The van der Waals surface area contributed by atoms with Crippen molar-refractivity contribution in [2.75, 3.05) is 11.9 Å². The first kappa shape index (κ1) is 16.3. The average molecular weight is 297 g/mol. The molecule has 0 saturated carbocycles. The number of nitro groups is 2. The summed E-state index contributed by atoms with van der Waals surface area (Å²) in [5.74, 6) is -1.43. The summed E-state index contributed by atoms with van der Waals surface area (Å²) in [6.45, 7) is 3.35. The van der Waals surface area contributed by atoms with Crippen molar-refractivity contribution < 1.29 is 19.7 Å². The number of carboxylic acid groups (broad SMARTS) is 1. The van der Waals surface area contributed by atoms with Gasteiger partial charge in [0.15, 0.2) is 0 Å². The van der Waals surface area contributed by atoms with Crippen LogP contribution in [0.4, 0.5) is 17.1 Å². The fraction of sp³-hybridized carbons (Fsp3) is 0.417. The van der Waals surface area contributed by atoms with Crippen LogP contribution in [0.3, 0.4) is 0 Å². The van der Waals surface area contributed by atoms with Crippen LogP contribution in [0, 0.1) is 26.1 Å². The van der Waals surface area contributed by atoms with Crippen LogP contribution in [0.15, 0.2) is 18.2 Å². The second-order valence-electron chi connectivity index (χ2n) is 4.83. The molecule has 1 N–H and O–H groups in total. The van der Waals surface area contributed by atoms with E-state index in [1.807, 2.05) is 0 Å². The SMILES string of the molecule is CC(C)[C@@H](C(=O)O)N(C)c1ccc([N+](=O)[O-])cc1[N+](=O)[O-]. The molecule has 21 heavy (non-hydrogen) atoms. The first-order chi connectivity index (χ1) is 9.66. The van der Waals surface area contributed by atoms with E-state index in [0.29, 0.717) is 0 Å². The minimum atomic E-state index is -1.12. The Bertz CT molecular complexity index is 586. The lowest BCUT2D eigenvalue weighted by atomic mass is 10.0. The minimum Gasteiger partial charge on any atom is -0.480 e. The van der Waals surface area contributed by atoms with Gasteiger partial charge in [0.2, 0.25) is 0 Å². The normalized spacial score (nSPS) is 12.0. The Morgan fingerprint density at radius 3 is 2.19 bits per heavy atom. The number of rotatable bonds is 6. The summed E-state index contributed by atoms with van der Waals surface area (Å²) in [7, 11) is 1.41. The van der Waals surface area contributed by atoms with E-state index in [-0.39, 0.29) is 11.6 Å². The number of non-ortho nitro benzene ring substituents is 1. The molecule has 1 aromatic rings. The van der Waals surface area contributed by atoms with E-state index < -0.39 is 33.2 Å². The molecular formula is C12H15N3O6. The van der Waals surface area contributed by atoms with Crippen LogP contribution in [0.5, 0.6) is 0 Å². The van der Waals surface area contributed by atoms with Gasteiger partial charge in [0, 0.05) is 13.1 Å². The van der Waals surface area contributed by atoms with Crippen LogP contribution in [-0.4, -0.2) is 34.0 Å². The number of likely N-dealkylation sites (N-methyl/N-ethyl adjacent to an activating group) is 1. The summed E-state index contributed by atoms with van der Waals surface area (Å²) < 4.78 is 0. The van der Waals surface area contributed by atoms with E-state index in [1.165, 1.54) is 18.0 Å². The van der Waals surface area contributed by atoms with Crippen molar-refractivity contribution in [1.82, 2.24) is 0 Å². The van der Waals surface area contributed by atoms with Crippen molar-refractivity contribution in [3.05, 3.63) is 38.4 Å². The first-order valence-electron chi connectivity index (χ1n) is 6.05. The van der Waals surface area contributed by atoms with Gasteiger partial charge in [-0.25, -0.2) is 4.79 Å². The molecule has 1 rings (SSSR count). The zero-order valence-corrected chi connectivity index (χ0v) is 11.7. The predicted molar refractivity (Wildman–Crippen MR) is 74.4 cm³/mol. The Kier molecular flexibility index (Phi) is 4.79. The van der Waals surface area contributed by atoms with E-state index >= 15 is 0 Å². The highest BCUT2D eigenvalue weighted by molar-refractivity contribution is 5.80. The summed E-state index contributed by atoms with van der Waals surface area (Å²) >= 11 is 0. The summed E-state index contributed by atoms with van der Waals surface area (Å²) in [6.07, 6.45) is 0. The van der Waals surface area contributed by atoms with E-state index in [9.17, 15) is 30.1 Å². The maximum absolute atomic E-state index is 11.3. The molecule has 0 heterocycles. The van der Waals surface area contributed by atoms with Crippen molar-refractivity contribution in [3.63, 3.8) is 0 Å². The number of carbonyl (C=O) groups is 1. The zero-order valence-electron chi connectivity index (χ0n) is 11.7. The number of carboxylic acids is 1. The molecule has 0 radical (unpaired) electrons. The number of aliphatic carboxylic acids is 1. The molecule has 1 atom stereocenters. The van der Waals surface area contributed by atoms with Gasteiger partial charge in [0.25, 0.3) is 11.4 Å². The number of benzene rings is 1. The number of hydrogen-bond acceptors (Lipinski definition) is 6. The van der Waals surface area contributed by atoms with Gasteiger partial charge in [-0.3, -0.25) is 20.2 Å². The van der Waals surface area contributed by atoms with Gasteiger partial charge in [0.05, 0.1) is 15.9 Å². The maximum atomic E-state index is 11.3. The van der Waals surface area contributed by atoms with Crippen molar-refractivity contribution in [1.29, 1.82) is 0 Å². The third kappa shape index (κ3) is 3.44. The Hall–Kier alpha value is -2.71. The standard InChI is InChI=1S/C12H15N3O6/c1-7(2)11(12(16)17)13(3)9-5-4-8(14(18)19)6-10(9)15(20)21/h4-7,11H,1-3H3,(H,16,17)/t11-/m0/s1. The zero-order chi connectivity index (χ0) is 16.3. The lowest BCUT2D eigenvalue weighted by Gasteiger charge is -2.29. The molecule has 0 amide bonds. The lowest BCUT2D eigenvalue weighted by molar-refractivity contribution is -0.393. The van der Waals surface area contributed by atoms with Gasteiger partial charge in [-0.2, -0.15) is 0 Å². The van der Waals surface area contributed by atoms with E-state index in [2.05, 4.69) is 0 Å². The van der Waals surface area contributed by atoms with Gasteiger partial charge < -0.3 is 10.0 Å². The molecule has 0 fully saturated rings. The molecule has 9 heteroatoms. The Labute approximate surface area is 120 Å². The van der Waals surface area contributed by atoms with Gasteiger partial charge in [-0.05, 0) is 12.0 Å². The second-order valence-corrected chi connectivity index (χ2v) is 4.83. The smallest absolute Gasteiger partial charge is 0.326 e. The third-order valence-corrected chi connectivity index (χ3v) is 3.05. The quantitative estimate of drug-likeness (QED) is 0.628. The number of nitrogens with zero attached hydrogens (tertiary/aromatic N) is 3. The molecular weight excluding hydrogens is 282 g/mol. The molecule has 0 aromatic heterocycles. The molecule has 0 spiro atoms. The molecule has 0 bridgehead atoms. The fourth-order valence-corrected chi connectivity index (χ4v) is 2.12. The van der Waals surface area contributed by atoms with E-state index in [0.717, 1.165) is 12.1 Å². The van der Waals surface area contributed by atoms with Crippen LogP contribution in [-0.2, 0) is 4.79 Å². The number of nitro benzene ring substituents is 2. The Balaban J connectivity index is 3.37. The molecule has 0 saturated heterocycles. The molecule has 1 aromatic carbocycles. The van der Waals surface area contributed by atoms with Crippen molar-refractivity contribution in [3.8, 4) is 0 Å². The Morgan fingerprint density at radius 1 is 1.24 bits per heavy atom. The topological polar surface area (TPSA) is 127 Å². The van der Waals surface area contributed by atoms with Crippen LogP contribution in [0.1, 0.15) is 13.8 Å². The minimum absolute atomic E-state index is 0.0201. The summed E-state index contributed by atoms with van der Waals surface area (Å²) in [5, 5.41) is 31.0.